The van der Waals surface area contributed by atoms with Gasteiger partial charge in [0.05, 0.1) is 6.33 Å². The lowest BCUT2D eigenvalue weighted by atomic mass is 10.1. The summed E-state index contributed by atoms with van der Waals surface area (Å²) in [6.45, 7) is 0.450. The maximum Gasteiger partial charge on any atom is 0.332 e. The fourth-order valence-corrected chi connectivity index (χ4v) is 3.15. The molecule has 2 heterocycles. The zero-order chi connectivity index (χ0) is 18.2. The largest absolute Gasteiger partial charge is 0.332 e. The maximum absolute atomic E-state index is 12.5. The molecule has 7 nitrogen and oxygen atoms in total. The third-order valence-corrected chi connectivity index (χ3v) is 4.65. The van der Waals surface area contributed by atoms with Gasteiger partial charge in [0.25, 0.3) is 5.56 Å². The van der Waals surface area contributed by atoms with Gasteiger partial charge in [-0.3, -0.25) is 13.9 Å². The lowest BCUT2D eigenvalue weighted by molar-refractivity contribution is -0.107. The Hall–Kier alpha value is -2.18. The van der Waals surface area contributed by atoms with Gasteiger partial charge in [-0.1, -0.05) is 38.5 Å². The summed E-state index contributed by atoms with van der Waals surface area (Å²) in [6.07, 6.45) is 11.8. The molecule has 2 aromatic heterocycles. The number of imidazole rings is 1. The van der Waals surface area contributed by atoms with Crippen LogP contribution < -0.4 is 11.2 Å². The summed E-state index contributed by atoms with van der Waals surface area (Å²) in [6, 6.07) is 0. The molecule has 0 N–H and O–H groups in total. The Morgan fingerprint density at radius 1 is 0.960 bits per heavy atom. The Kier molecular flexibility index (Phi) is 7.16. The fraction of sp³-hybridized carbons (Fsp3) is 0.667. The van der Waals surface area contributed by atoms with Crippen molar-refractivity contribution in [2.75, 3.05) is 0 Å². The number of aromatic nitrogens is 4. The predicted molar refractivity (Wildman–Crippen MR) is 97.8 cm³/mol. The average molecular weight is 348 g/mol. The quantitative estimate of drug-likeness (QED) is 0.460. The van der Waals surface area contributed by atoms with Crippen molar-refractivity contribution in [2.45, 2.75) is 64.3 Å². The van der Waals surface area contributed by atoms with E-state index < -0.39 is 0 Å². The molecule has 2 rings (SSSR count). The van der Waals surface area contributed by atoms with Crippen molar-refractivity contribution >= 4 is 17.5 Å². The Morgan fingerprint density at radius 3 is 2.20 bits per heavy atom. The van der Waals surface area contributed by atoms with Crippen LogP contribution in [0.5, 0.6) is 0 Å². The monoisotopic (exact) mass is 348 g/mol. The van der Waals surface area contributed by atoms with E-state index in [4.69, 9.17) is 0 Å². The zero-order valence-electron chi connectivity index (χ0n) is 15.2. The van der Waals surface area contributed by atoms with Crippen LogP contribution in [0.25, 0.3) is 11.2 Å². The Bertz CT molecular complexity index is 816. The minimum absolute atomic E-state index is 0.256. The van der Waals surface area contributed by atoms with Crippen molar-refractivity contribution in [3.63, 3.8) is 0 Å². The van der Waals surface area contributed by atoms with Gasteiger partial charge in [0.15, 0.2) is 11.2 Å². The van der Waals surface area contributed by atoms with Crippen LogP contribution in [0.2, 0.25) is 0 Å². The van der Waals surface area contributed by atoms with Crippen molar-refractivity contribution < 1.29 is 4.79 Å². The van der Waals surface area contributed by atoms with Gasteiger partial charge in [0.1, 0.15) is 6.29 Å². The van der Waals surface area contributed by atoms with E-state index >= 15 is 0 Å². The zero-order valence-corrected chi connectivity index (χ0v) is 15.2. The molecular weight excluding hydrogens is 320 g/mol. The topological polar surface area (TPSA) is 78.9 Å². The predicted octanol–water partition coefficient (Wildman–Crippen LogP) is 2.14. The lowest BCUT2D eigenvalue weighted by Gasteiger charge is -2.08. The van der Waals surface area contributed by atoms with Crippen LogP contribution in [-0.2, 0) is 25.4 Å². The standard InChI is InChI=1S/C18H28N4O3/c1-20-14-19-16-15(20)17(24)22(18(25)21(16)2)12-10-8-6-4-3-5-7-9-11-13-23/h13-14H,3-12H2,1-2H3. The molecule has 0 amide bonds. The van der Waals surface area contributed by atoms with Crippen molar-refractivity contribution in [3.05, 3.63) is 27.2 Å². The van der Waals surface area contributed by atoms with Gasteiger partial charge in [0.2, 0.25) is 0 Å². The highest BCUT2D eigenvalue weighted by atomic mass is 16.2. The normalized spacial score (nSPS) is 11.3. The van der Waals surface area contributed by atoms with Gasteiger partial charge in [-0.05, 0) is 12.8 Å². The van der Waals surface area contributed by atoms with Crippen LogP contribution in [0.4, 0.5) is 0 Å². The number of nitrogens with zero attached hydrogens (tertiary/aromatic N) is 4. The maximum atomic E-state index is 12.5. The number of aryl methyl sites for hydroxylation is 2. The molecular formula is C18H28N4O3. The van der Waals surface area contributed by atoms with Gasteiger partial charge < -0.3 is 9.36 Å². The van der Waals surface area contributed by atoms with Gasteiger partial charge >= 0.3 is 5.69 Å². The second kappa shape index (κ2) is 9.34. The van der Waals surface area contributed by atoms with Crippen LogP contribution in [0.15, 0.2) is 15.9 Å². The molecule has 0 aliphatic heterocycles. The van der Waals surface area contributed by atoms with Crippen molar-refractivity contribution in [1.29, 1.82) is 0 Å². The summed E-state index contributed by atoms with van der Waals surface area (Å²) >= 11 is 0. The van der Waals surface area contributed by atoms with E-state index in [9.17, 15) is 14.4 Å². The molecule has 0 spiro atoms. The molecule has 0 aliphatic carbocycles. The van der Waals surface area contributed by atoms with Crippen molar-refractivity contribution in [1.82, 2.24) is 18.7 Å². The molecule has 0 saturated carbocycles. The van der Waals surface area contributed by atoms with Gasteiger partial charge in [0, 0.05) is 27.1 Å². The number of hydrogen-bond acceptors (Lipinski definition) is 4. The first kappa shape index (κ1) is 19.1. The number of carbonyl (C=O) groups excluding carboxylic acids is 1. The number of rotatable bonds is 11. The average Bonchev–Trinajstić information content (AvgIpc) is 2.99. The molecule has 0 bridgehead atoms. The molecule has 138 valence electrons. The molecule has 25 heavy (non-hydrogen) atoms. The summed E-state index contributed by atoms with van der Waals surface area (Å²) in [7, 11) is 3.42. The smallest absolute Gasteiger partial charge is 0.328 e. The highest BCUT2D eigenvalue weighted by Crippen LogP contribution is 2.10. The molecule has 0 radical (unpaired) electrons. The van der Waals surface area contributed by atoms with E-state index in [2.05, 4.69) is 4.98 Å². The molecule has 0 atom stereocenters. The minimum atomic E-state index is -0.300. The SMILES string of the molecule is Cn1cnc2c1c(=O)n(CCCCCCCCCCC=O)c(=O)n2C. The number of carbonyl (C=O) groups is 1. The molecule has 0 saturated heterocycles. The summed E-state index contributed by atoms with van der Waals surface area (Å²) in [5.41, 5.74) is 0.348. The van der Waals surface area contributed by atoms with Crippen LogP contribution >= 0.6 is 0 Å². The number of unbranched alkanes of at least 4 members (excludes halogenated alkanes) is 8. The second-order valence-corrected chi connectivity index (χ2v) is 6.61. The van der Waals surface area contributed by atoms with E-state index in [-0.39, 0.29) is 11.2 Å². The minimum Gasteiger partial charge on any atom is -0.328 e. The first-order valence-corrected chi connectivity index (χ1v) is 9.12. The molecule has 7 heteroatoms. The van der Waals surface area contributed by atoms with E-state index in [1.807, 2.05) is 0 Å². The van der Waals surface area contributed by atoms with Crippen LogP contribution in [0.1, 0.15) is 57.8 Å². The van der Waals surface area contributed by atoms with Gasteiger partial charge in [-0.25, -0.2) is 9.78 Å². The Morgan fingerprint density at radius 2 is 1.56 bits per heavy atom. The highest BCUT2D eigenvalue weighted by Gasteiger charge is 2.14. The fourth-order valence-electron chi connectivity index (χ4n) is 3.15. The van der Waals surface area contributed by atoms with Crippen molar-refractivity contribution in [2.24, 2.45) is 14.1 Å². The number of hydrogen-bond donors (Lipinski definition) is 0. The van der Waals surface area contributed by atoms with E-state index in [1.54, 1.807) is 25.0 Å². The molecule has 0 aliphatic rings. The lowest BCUT2D eigenvalue weighted by Crippen LogP contribution is -2.39. The molecule has 0 unspecified atom stereocenters. The van der Waals surface area contributed by atoms with Crippen LogP contribution in [0.3, 0.4) is 0 Å². The number of aldehydes is 1. The third kappa shape index (κ3) is 4.67. The van der Waals surface area contributed by atoms with Crippen LogP contribution in [0, 0.1) is 0 Å². The second-order valence-electron chi connectivity index (χ2n) is 6.61. The highest BCUT2D eigenvalue weighted by molar-refractivity contribution is 5.69. The molecule has 2 aromatic rings. The molecule has 0 fully saturated rings. The molecule has 0 aromatic carbocycles. The third-order valence-electron chi connectivity index (χ3n) is 4.65. The summed E-state index contributed by atoms with van der Waals surface area (Å²) in [5, 5.41) is 0. The van der Waals surface area contributed by atoms with Gasteiger partial charge in [-0.15, -0.1) is 0 Å². The summed E-state index contributed by atoms with van der Waals surface area (Å²) in [4.78, 5) is 39.2. The van der Waals surface area contributed by atoms with Crippen LogP contribution in [-0.4, -0.2) is 25.0 Å². The Balaban J connectivity index is 1.82. The Labute approximate surface area is 147 Å². The summed E-state index contributed by atoms with van der Waals surface area (Å²) in [5.74, 6) is 0. The van der Waals surface area contributed by atoms with E-state index in [1.165, 1.54) is 22.0 Å². The number of fused-ring (bicyclic) bond motifs is 1. The first-order chi connectivity index (χ1) is 12.1. The van der Waals surface area contributed by atoms with E-state index in [0.717, 1.165) is 44.8 Å². The first-order valence-electron chi connectivity index (χ1n) is 9.12. The van der Waals surface area contributed by atoms with E-state index in [0.29, 0.717) is 24.1 Å². The summed E-state index contributed by atoms with van der Waals surface area (Å²) < 4.78 is 4.43. The van der Waals surface area contributed by atoms with Crippen molar-refractivity contribution in [3.8, 4) is 0 Å². The van der Waals surface area contributed by atoms with Gasteiger partial charge in [-0.2, -0.15) is 0 Å².